The minimum Gasteiger partial charge on any atom is -0.370 e. The number of likely N-dealkylation sites (N-methyl/N-ethyl adjacent to an activating group) is 1. The molecule has 0 bridgehead atoms. The number of H-pyrrole nitrogens is 2. The molecule has 0 saturated carbocycles. The molecule has 1 aliphatic heterocycles. The third kappa shape index (κ3) is 15.2. The van der Waals surface area contributed by atoms with Gasteiger partial charge >= 0.3 is 0 Å². The Morgan fingerprint density at radius 2 is 1.40 bits per heavy atom. The van der Waals surface area contributed by atoms with Gasteiger partial charge in [-0.25, -0.2) is 4.98 Å². The first-order chi connectivity index (χ1) is 31.3. The number of nitrogens with two attached hydrogens (primary N) is 3. The number of fused-ring (bicyclic) bond motifs is 1. The number of imidazole rings is 1. The van der Waals surface area contributed by atoms with Gasteiger partial charge in [0.05, 0.1) is 18.8 Å². The van der Waals surface area contributed by atoms with Crippen molar-refractivity contribution < 1.29 is 33.6 Å². The molecule has 0 radical (unpaired) electrons. The van der Waals surface area contributed by atoms with Crippen LogP contribution in [0.1, 0.15) is 62.3 Å². The van der Waals surface area contributed by atoms with Crippen LogP contribution in [-0.4, -0.2) is 118 Å². The summed E-state index contributed by atoms with van der Waals surface area (Å²) in [5.74, 6) is -4.96. The van der Waals surface area contributed by atoms with Gasteiger partial charge in [0.15, 0.2) is 5.96 Å². The van der Waals surface area contributed by atoms with Crippen LogP contribution in [0, 0.1) is 0 Å². The summed E-state index contributed by atoms with van der Waals surface area (Å²) in [6, 6.07) is 9.03. The molecule has 0 unspecified atom stereocenters. The highest BCUT2D eigenvalue weighted by molar-refractivity contribution is 5.97. The number of rotatable bonds is 13. The molecule has 0 aliphatic carbocycles. The summed E-state index contributed by atoms with van der Waals surface area (Å²) >= 11 is 0. The molecule has 21 nitrogen and oxygen atoms in total. The number of carbonyl (C=O) groups excluding carboxylic acids is 7. The van der Waals surface area contributed by atoms with Crippen LogP contribution >= 0.6 is 0 Å². The Morgan fingerprint density at radius 3 is 2.09 bits per heavy atom. The topological polar surface area (TPSA) is 339 Å². The first-order valence-electron chi connectivity index (χ1n) is 21.7. The van der Waals surface area contributed by atoms with E-state index in [1.54, 1.807) is 43.5 Å². The number of para-hydroxylation sites is 1. The maximum atomic E-state index is 14.5. The molecule has 1 aliphatic rings. The number of amides is 7. The minimum absolute atomic E-state index is 0.00275. The molecular weight excluding hydrogens is 837 g/mol. The van der Waals surface area contributed by atoms with Gasteiger partial charge in [0.1, 0.15) is 30.2 Å². The molecule has 21 heteroatoms. The fourth-order valence-corrected chi connectivity index (χ4v) is 7.50. The van der Waals surface area contributed by atoms with Crippen molar-refractivity contribution in [3.05, 3.63) is 90.1 Å². The zero-order valence-electron chi connectivity index (χ0n) is 36.4. The molecule has 4 aromatic rings. The van der Waals surface area contributed by atoms with E-state index in [1.807, 2.05) is 24.3 Å². The van der Waals surface area contributed by atoms with Crippen molar-refractivity contribution >= 4 is 58.2 Å². The van der Waals surface area contributed by atoms with E-state index in [-0.39, 0.29) is 64.0 Å². The van der Waals surface area contributed by atoms with Crippen molar-refractivity contribution in [3.63, 3.8) is 0 Å². The number of benzene rings is 2. The van der Waals surface area contributed by atoms with Crippen LogP contribution in [0.3, 0.4) is 0 Å². The maximum absolute atomic E-state index is 14.5. The van der Waals surface area contributed by atoms with Crippen LogP contribution < -0.4 is 54.4 Å². The lowest BCUT2D eigenvalue weighted by Gasteiger charge is -2.27. The normalized spacial score (nSPS) is 22.4. The highest BCUT2D eigenvalue weighted by Crippen LogP contribution is 2.20. The van der Waals surface area contributed by atoms with Crippen molar-refractivity contribution in [2.45, 2.75) is 101 Å². The van der Waals surface area contributed by atoms with Crippen LogP contribution in [0.5, 0.6) is 0 Å². The zero-order chi connectivity index (χ0) is 46.7. The number of aliphatic imine (C=N–C) groups is 1. The van der Waals surface area contributed by atoms with Gasteiger partial charge in [-0.05, 0) is 55.8 Å². The van der Waals surface area contributed by atoms with E-state index in [0.717, 1.165) is 10.9 Å². The van der Waals surface area contributed by atoms with E-state index in [0.29, 0.717) is 36.2 Å². The van der Waals surface area contributed by atoms with Crippen LogP contribution in [-0.2, 0) is 52.8 Å². The summed E-state index contributed by atoms with van der Waals surface area (Å²) < 4.78 is 0. The number of nitrogens with zero attached hydrogens (tertiary/aromatic N) is 2. The van der Waals surface area contributed by atoms with E-state index in [1.165, 1.54) is 12.5 Å². The number of hydrogen-bond acceptors (Lipinski definition) is 10. The SMILES string of the molecule is CCN[C@@H]1CC(=O)NCCCC[C@H](C(N)=O)NC(=O)[C@@H](Cc2c[nH]c3ccccc23)NC(=O)[C@@H](CCCN=C(N)N)NC(=O)[C@H](Cc2ccccc2)NC(=O)[C@@H](Cc2cnc[nH]2)NC1=O. The zero-order valence-corrected chi connectivity index (χ0v) is 36.4. The Labute approximate surface area is 376 Å². The smallest absolute Gasteiger partial charge is 0.243 e. The molecule has 2 aromatic carbocycles. The summed E-state index contributed by atoms with van der Waals surface area (Å²) in [5, 5.41) is 20.5. The third-order valence-corrected chi connectivity index (χ3v) is 10.9. The largest absolute Gasteiger partial charge is 0.370 e. The molecule has 1 saturated heterocycles. The standard InChI is InChI=1S/C44H60N14O7/c1-2-49-33-22-37(59)50-17-9-8-15-31(38(45)60)54-42(64)35(20-27-23-52-30-14-7-6-13-29(27)30)57-39(61)32(16-10-18-51-44(46)47)55-41(63)34(19-26-11-4-3-5-12-26)56-43(65)36(58-40(33)62)21-28-24-48-25-53-28/h3-7,11-14,23-25,31-36,49,52H,2,8-10,15-22H2,1H3,(H2,45,60)(H,48,53)(H,50,59)(H,54,64)(H,55,63)(H,56,65)(H,57,61)(H,58,62)(H4,46,47,51)/t31-,32-,33-,34+,35-,36-/m1/s1. The number of primary amides is 1. The predicted molar refractivity (Wildman–Crippen MR) is 242 cm³/mol. The fraction of sp³-hybridized carbons (Fsp3) is 0.432. The summed E-state index contributed by atoms with van der Waals surface area (Å²) in [6.45, 7) is 2.39. The van der Waals surface area contributed by atoms with Gasteiger partial charge in [0.2, 0.25) is 41.4 Å². The van der Waals surface area contributed by atoms with Gasteiger partial charge in [0, 0.05) is 61.3 Å². The summed E-state index contributed by atoms with van der Waals surface area (Å²) in [6.07, 6.45) is 5.40. The Morgan fingerprint density at radius 1 is 0.754 bits per heavy atom. The molecule has 348 valence electrons. The van der Waals surface area contributed by atoms with E-state index in [4.69, 9.17) is 17.2 Å². The Balaban J connectivity index is 1.52. The van der Waals surface area contributed by atoms with Crippen molar-refractivity contribution in [2.75, 3.05) is 19.6 Å². The van der Waals surface area contributed by atoms with Gasteiger partial charge < -0.3 is 64.4 Å². The molecular formula is C44H60N14O7. The molecule has 6 atom stereocenters. The summed E-state index contributed by atoms with van der Waals surface area (Å²) in [7, 11) is 0. The van der Waals surface area contributed by atoms with Gasteiger partial charge in [-0.3, -0.25) is 38.6 Å². The number of hydrogen-bond donors (Lipinski definition) is 12. The van der Waals surface area contributed by atoms with Crippen molar-refractivity contribution in [2.24, 2.45) is 22.2 Å². The molecule has 2 aromatic heterocycles. The van der Waals surface area contributed by atoms with Gasteiger partial charge in [-0.1, -0.05) is 55.5 Å². The van der Waals surface area contributed by atoms with E-state index < -0.39 is 77.6 Å². The lowest BCUT2D eigenvalue weighted by Crippen LogP contribution is -2.60. The van der Waals surface area contributed by atoms with Crippen LogP contribution in [0.25, 0.3) is 10.9 Å². The second kappa shape index (κ2) is 24.5. The third-order valence-electron chi connectivity index (χ3n) is 10.9. The first kappa shape index (κ1) is 48.7. The van der Waals surface area contributed by atoms with Crippen LogP contribution in [0.4, 0.5) is 0 Å². The Kier molecular flexibility index (Phi) is 18.4. The minimum atomic E-state index is -1.29. The monoisotopic (exact) mass is 896 g/mol. The van der Waals surface area contributed by atoms with Crippen LogP contribution in [0.2, 0.25) is 0 Å². The van der Waals surface area contributed by atoms with E-state index >= 15 is 0 Å². The molecule has 0 spiro atoms. The quantitative estimate of drug-likeness (QED) is 0.0419. The van der Waals surface area contributed by atoms with Crippen molar-refractivity contribution in [3.8, 4) is 0 Å². The molecule has 65 heavy (non-hydrogen) atoms. The Bertz CT molecular complexity index is 2260. The van der Waals surface area contributed by atoms with Crippen molar-refractivity contribution in [1.82, 2.24) is 52.2 Å². The van der Waals surface area contributed by atoms with Crippen molar-refractivity contribution in [1.29, 1.82) is 0 Å². The second-order valence-corrected chi connectivity index (χ2v) is 15.9. The first-order valence-corrected chi connectivity index (χ1v) is 21.7. The molecule has 3 heterocycles. The number of guanidine groups is 1. The molecule has 15 N–H and O–H groups in total. The lowest BCUT2D eigenvalue weighted by molar-refractivity contribution is -0.135. The molecule has 5 rings (SSSR count). The highest BCUT2D eigenvalue weighted by Gasteiger charge is 2.34. The molecule has 1 fully saturated rings. The number of aromatic nitrogens is 3. The Hall–Kier alpha value is -7.29. The average molecular weight is 897 g/mol. The maximum Gasteiger partial charge on any atom is 0.243 e. The average Bonchev–Trinajstić information content (AvgIpc) is 3.95. The van der Waals surface area contributed by atoms with Gasteiger partial charge in [-0.15, -0.1) is 0 Å². The summed E-state index contributed by atoms with van der Waals surface area (Å²) in [5.41, 5.74) is 19.6. The lowest BCUT2D eigenvalue weighted by atomic mass is 10.0. The fourth-order valence-electron chi connectivity index (χ4n) is 7.50. The van der Waals surface area contributed by atoms with Crippen LogP contribution in [0.15, 0.2) is 78.3 Å². The predicted octanol–water partition coefficient (Wildman–Crippen LogP) is -1.45. The molecule has 7 amide bonds. The second-order valence-electron chi connectivity index (χ2n) is 15.9. The number of nitrogens with one attached hydrogen (secondary N) is 9. The summed E-state index contributed by atoms with van der Waals surface area (Å²) in [4.78, 5) is 111. The number of aromatic amines is 2. The van der Waals surface area contributed by atoms with E-state index in [9.17, 15) is 33.6 Å². The highest BCUT2D eigenvalue weighted by atomic mass is 16.2. The van der Waals surface area contributed by atoms with Gasteiger partial charge in [0.25, 0.3) is 0 Å². The number of carbonyl (C=O) groups is 7. The van der Waals surface area contributed by atoms with Gasteiger partial charge in [-0.2, -0.15) is 0 Å². The van der Waals surface area contributed by atoms with E-state index in [2.05, 4.69) is 57.2 Å².